The maximum absolute atomic E-state index is 12.6. The van der Waals surface area contributed by atoms with Crippen LogP contribution in [-0.2, 0) is 23.6 Å². The third-order valence-electron chi connectivity index (χ3n) is 3.30. The Bertz CT molecular complexity index is 807. The molecule has 0 bridgehead atoms. The fourth-order valence-corrected chi connectivity index (χ4v) is 2.70. The Hall–Kier alpha value is -2.06. The van der Waals surface area contributed by atoms with Gasteiger partial charge in [0, 0.05) is 7.05 Å². The maximum atomic E-state index is 12.6. The number of nitrogens with zero attached hydrogens (tertiary/aromatic N) is 2. The van der Waals surface area contributed by atoms with Crippen molar-refractivity contribution in [3.63, 3.8) is 0 Å². The summed E-state index contributed by atoms with van der Waals surface area (Å²) in [5.74, 6) is -0.697. The van der Waals surface area contributed by atoms with Crippen molar-refractivity contribution in [3.05, 3.63) is 46.4 Å². The number of aromatic nitrogens is 2. The summed E-state index contributed by atoms with van der Waals surface area (Å²) >= 11 is 0. The van der Waals surface area contributed by atoms with Gasteiger partial charge in [0.15, 0.2) is 0 Å². The van der Waals surface area contributed by atoms with Gasteiger partial charge in [-0.2, -0.15) is 8.42 Å². The Labute approximate surface area is 128 Å². The van der Waals surface area contributed by atoms with Crippen molar-refractivity contribution in [2.75, 3.05) is 11.2 Å². The molecule has 1 heterocycles. The van der Waals surface area contributed by atoms with Crippen molar-refractivity contribution in [3.8, 4) is 5.69 Å². The molecule has 120 valence electrons. The van der Waals surface area contributed by atoms with Crippen LogP contribution < -0.4 is 10.9 Å². The van der Waals surface area contributed by atoms with Crippen LogP contribution in [0.3, 0.4) is 0 Å². The summed E-state index contributed by atoms with van der Waals surface area (Å²) in [7, 11) is -2.46. The minimum Gasteiger partial charge on any atom is -0.364 e. The van der Waals surface area contributed by atoms with E-state index in [2.05, 4.69) is 5.32 Å². The molecule has 7 nitrogen and oxygen atoms in total. The second kappa shape index (κ2) is 6.37. The van der Waals surface area contributed by atoms with Crippen molar-refractivity contribution in [2.24, 2.45) is 7.05 Å². The Kier molecular flexibility index (Phi) is 4.72. The normalized spacial score (nSPS) is 11.6. The summed E-state index contributed by atoms with van der Waals surface area (Å²) in [6, 6.07) is 9.08. The minimum absolute atomic E-state index is 0.200. The highest BCUT2D eigenvalue weighted by Gasteiger charge is 2.19. The van der Waals surface area contributed by atoms with Gasteiger partial charge >= 0.3 is 0 Å². The van der Waals surface area contributed by atoms with Gasteiger partial charge < -0.3 is 5.32 Å². The van der Waals surface area contributed by atoms with E-state index in [4.69, 9.17) is 4.55 Å². The maximum Gasteiger partial charge on any atom is 0.295 e. The van der Waals surface area contributed by atoms with Crippen molar-refractivity contribution in [2.45, 2.75) is 19.8 Å². The van der Waals surface area contributed by atoms with Gasteiger partial charge in [-0.1, -0.05) is 31.5 Å². The van der Waals surface area contributed by atoms with Gasteiger partial charge in [-0.3, -0.25) is 14.0 Å². The standard InChI is InChI=1S/C14H19N3O4S/c1-3-7-12-13(15-10-22(19,20)21)14(18)17(16(12)2)11-8-5-4-6-9-11/h4-6,8-9,15H,3,7,10H2,1-2H3,(H,19,20,21). The number of nitrogens with one attached hydrogen (secondary N) is 1. The molecule has 0 aliphatic heterocycles. The molecule has 0 atom stereocenters. The number of rotatable bonds is 6. The first-order chi connectivity index (χ1) is 10.3. The highest BCUT2D eigenvalue weighted by atomic mass is 32.2. The van der Waals surface area contributed by atoms with Crippen LogP contribution in [0.2, 0.25) is 0 Å². The predicted octanol–water partition coefficient (Wildman–Crippen LogP) is 1.39. The van der Waals surface area contributed by atoms with Gasteiger partial charge in [-0.25, -0.2) is 4.68 Å². The Morgan fingerprint density at radius 2 is 1.86 bits per heavy atom. The van der Waals surface area contributed by atoms with E-state index >= 15 is 0 Å². The zero-order valence-corrected chi connectivity index (χ0v) is 13.3. The second-order valence-electron chi connectivity index (χ2n) is 4.95. The molecule has 0 fully saturated rings. The molecule has 0 aliphatic carbocycles. The Morgan fingerprint density at radius 1 is 1.23 bits per heavy atom. The number of hydrogen-bond donors (Lipinski definition) is 2. The molecular formula is C14H19N3O4S. The summed E-state index contributed by atoms with van der Waals surface area (Å²) in [5.41, 5.74) is 1.24. The number of hydrogen-bond acceptors (Lipinski definition) is 4. The first-order valence-corrected chi connectivity index (χ1v) is 8.51. The van der Waals surface area contributed by atoms with Crippen LogP contribution in [0.1, 0.15) is 19.0 Å². The SMILES string of the molecule is CCCc1c(NCS(=O)(=O)O)c(=O)n(-c2ccccc2)n1C. The molecule has 1 aromatic heterocycles. The molecule has 0 aliphatic rings. The van der Waals surface area contributed by atoms with Crippen LogP contribution >= 0.6 is 0 Å². The highest BCUT2D eigenvalue weighted by molar-refractivity contribution is 7.85. The lowest BCUT2D eigenvalue weighted by molar-refractivity contribution is 0.485. The lowest BCUT2D eigenvalue weighted by Crippen LogP contribution is -2.22. The van der Waals surface area contributed by atoms with Crippen LogP contribution in [0.5, 0.6) is 0 Å². The Balaban J connectivity index is 2.55. The third-order valence-corrected chi connectivity index (χ3v) is 3.81. The molecular weight excluding hydrogens is 306 g/mol. The van der Waals surface area contributed by atoms with Gasteiger partial charge in [0.1, 0.15) is 11.6 Å². The smallest absolute Gasteiger partial charge is 0.295 e. The molecule has 0 unspecified atom stereocenters. The monoisotopic (exact) mass is 325 g/mol. The van der Waals surface area contributed by atoms with E-state index in [1.54, 1.807) is 23.9 Å². The van der Waals surface area contributed by atoms with Crippen LogP contribution in [0.4, 0.5) is 5.69 Å². The molecule has 2 N–H and O–H groups in total. The van der Waals surface area contributed by atoms with E-state index in [-0.39, 0.29) is 11.2 Å². The lowest BCUT2D eigenvalue weighted by Gasteiger charge is -2.09. The molecule has 0 saturated carbocycles. The largest absolute Gasteiger partial charge is 0.364 e. The molecule has 0 spiro atoms. The topological polar surface area (TPSA) is 93.3 Å². The number of benzene rings is 1. The van der Waals surface area contributed by atoms with E-state index in [9.17, 15) is 13.2 Å². The third kappa shape index (κ3) is 3.40. The van der Waals surface area contributed by atoms with Gasteiger partial charge in [0.2, 0.25) is 0 Å². The van der Waals surface area contributed by atoms with Crippen LogP contribution in [0, 0.1) is 0 Å². The summed E-state index contributed by atoms with van der Waals surface area (Å²) in [5, 5.41) is 2.55. The number of anilines is 1. The second-order valence-corrected chi connectivity index (χ2v) is 6.40. The summed E-state index contributed by atoms with van der Waals surface area (Å²) in [6.45, 7) is 1.97. The first-order valence-electron chi connectivity index (χ1n) is 6.90. The van der Waals surface area contributed by atoms with E-state index in [1.165, 1.54) is 4.68 Å². The summed E-state index contributed by atoms with van der Waals surface area (Å²) in [6.07, 6.45) is 1.41. The molecule has 8 heteroatoms. The highest BCUT2D eigenvalue weighted by Crippen LogP contribution is 2.16. The minimum atomic E-state index is -4.21. The van der Waals surface area contributed by atoms with E-state index in [0.29, 0.717) is 17.8 Å². The molecule has 1 aromatic carbocycles. The average Bonchev–Trinajstić information content (AvgIpc) is 2.69. The van der Waals surface area contributed by atoms with Gasteiger partial charge in [0.25, 0.3) is 15.7 Å². The van der Waals surface area contributed by atoms with Crippen LogP contribution in [0.15, 0.2) is 35.1 Å². The molecule has 0 saturated heterocycles. The molecule has 22 heavy (non-hydrogen) atoms. The van der Waals surface area contributed by atoms with Crippen molar-refractivity contribution >= 4 is 15.8 Å². The predicted molar refractivity (Wildman–Crippen MR) is 85.0 cm³/mol. The van der Waals surface area contributed by atoms with Crippen LogP contribution in [0.25, 0.3) is 5.69 Å². The summed E-state index contributed by atoms with van der Waals surface area (Å²) in [4.78, 5) is 12.6. The van der Waals surface area contributed by atoms with Crippen molar-refractivity contribution in [1.29, 1.82) is 0 Å². The molecule has 2 aromatic rings. The van der Waals surface area contributed by atoms with Crippen molar-refractivity contribution < 1.29 is 13.0 Å². The van der Waals surface area contributed by atoms with Gasteiger partial charge in [-0.05, 0) is 18.6 Å². The molecule has 0 amide bonds. The fraction of sp³-hybridized carbons (Fsp3) is 0.357. The van der Waals surface area contributed by atoms with E-state index < -0.39 is 16.0 Å². The summed E-state index contributed by atoms with van der Waals surface area (Å²) < 4.78 is 33.9. The van der Waals surface area contributed by atoms with E-state index in [1.807, 2.05) is 25.1 Å². The van der Waals surface area contributed by atoms with Gasteiger partial charge in [0.05, 0.1) is 11.4 Å². The van der Waals surface area contributed by atoms with E-state index in [0.717, 1.165) is 6.42 Å². The van der Waals surface area contributed by atoms with Crippen LogP contribution in [-0.4, -0.2) is 28.2 Å². The first kappa shape index (κ1) is 16.3. The average molecular weight is 325 g/mol. The molecule has 2 rings (SSSR count). The fourth-order valence-electron chi connectivity index (χ4n) is 2.37. The zero-order chi connectivity index (χ0) is 16.3. The molecule has 0 radical (unpaired) electrons. The zero-order valence-electron chi connectivity index (χ0n) is 12.5. The quantitative estimate of drug-likeness (QED) is 0.783. The lowest BCUT2D eigenvalue weighted by atomic mass is 10.2. The Morgan fingerprint density at radius 3 is 2.41 bits per heavy atom. The van der Waals surface area contributed by atoms with Gasteiger partial charge in [-0.15, -0.1) is 0 Å². The van der Waals surface area contributed by atoms with Crippen molar-refractivity contribution in [1.82, 2.24) is 9.36 Å². The number of para-hydroxylation sites is 1.